The predicted molar refractivity (Wildman–Crippen MR) is 75.6 cm³/mol. The zero-order chi connectivity index (χ0) is 13.8. The number of nitrogen functional groups attached to an aromatic ring is 1. The van der Waals surface area contributed by atoms with Crippen LogP contribution in [0, 0.1) is 5.82 Å². The molecule has 0 radical (unpaired) electrons. The van der Waals surface area contributed by atoms with E-state index in [9.17, 15) is 9.18 Å². The molecule has 0 saturated carbocycles. The van der Waals surface area contributed by atoms with Crippen LogP contribution in [-0.2, 0) is 0 Å². The van der Waals surface area contributed by atoms with Gasteiger partial charge in [-0.05, 0) is 48.6 Å². The number of benzene rings is 2. The van der Waals surface area contributed by atoms with Crippen molar-refractivity contribution in [1.29, 1.82) is 0 Å². The minimum Gasteiger partial charge on any atom is -0.399 e. The molecule has 2 aromatic rings. The summed E-state index contributed by atoms with van der Waals surface area (Å²) in [6, 6.07) is 10.9. The molecule has 0 fully saturated rings. The molecule has 0 amide bonds. The predicted octanol–water partition coefficient (Wildman–Crippen LogP) is 3.96. The molecular weight excluding hydrogens is 265 g/mol. The summed E-state index contributed by atoms with van der Waals surface area (Å²) < 4.78 is 13.5. The van der Waals surface area contributed by atoms with Crippen LogP contribution in [0.4, 0.5) is 10.1 Å². The lowest BCUT2D eigenvalue weighted by atomic mass is 10.1. The van der Waals surface area contributed by atoms with Crippen molar-refractivity contribution in [2.45, 2.75) is 0 Å². The van der Waals surface area contributed by atoms with E-state index in [1.807, 2.05) is 0 Å². The van der Waals surface area contributed by atoms with Crippen molar-refractivity contribution in [3.05, 3.63) is 70.5 Å². The van der Waals surface area contributed by atoms with Crippen LogP contribution in [0.2, 0.25) is 5.02 Å². The van der Waals surface area contributed by atoms with Gasteiger partial charge in [-0.3, -0.25) is 4.79 Å². The van der Waals surface area contributed by atoms with Crippen LogP contribution in [0.25, 0.3) is 6.08 Å². The Morgan fingerprint density at radius 3 is 2.47 bits per heavy atom. The lowest BCUT2D eigenvalue weighted by Gasteiger charge is -2.00. The fraction of sp³-hybridized carbons (Fsp3) is 0. The molecule has 0 aliphatic rings. The number of rotatable bonds is 3. The van der Waals surface area contributed by atoms with Crippen molar-refractivity contribution in [2.75, 3.05) is 5.73 Å². The fourth-order valence-corrected chi connectivity index (χ4v) is 1.80. The number of halogens is 2. The molecule has 2 N–H and O–H groups in total. The summed E-state index contributed by atoms with van der Waals surface area (Å²) in [5.41, 5.74) is 6.80. The highest BCUT2D eigenvalue weighted by atomic mass is 35.5. The Balaban J connectivity index is 2.23. The van der Waals surface area contributed by atoms with E-state index in [4.69, 9.17) is 17.3 Å². The fourth-order valence-electron chi connectivity index (χ4n) is 1.57. The molecule has 0 saturated heterocycles. The average molecular weight is 276 g/mol. The Kier molecular flexibility index (Phi) is 3.97. The third-order valence-electron chi connectivity index (χ3n) is 2.60. The molecule has 0 bridgehead atoms. The third kappa shape index (κ3) is 3.20. The van der Waals surface area contributed by atoms with E-state index < -0.39 is 5.82 Å². The van der Waals surface area contributed by atoms with Crippen molar-refractivity contribution in [3.63, 3.8) is 0 Å². The van der Waals surface area contributed by atoms with Crippen LogP contribution in [0.1, 0.15) is 15.9 Å². The molecule has 4 heteroatoms. The van der Waals surface area contributed by atoms with Gasteiger partial charge >= 0.3 is 0 Å². The molecule has 2 aromatic carbocycles. The number of ketones is 1. The normalized spacial score (nSPS) is 10.8. The molecule has 2 rings (SSSR count). The average Bonchev–Trinajstić information content (AvgIpc) is 2.38. The first-order valence-electron chi connectivity index (χ1n) is 5.60. The van der Waals surface area contributed by atoms with Crippen molar-refractivity contribution < 1.29 is 9.18 Å². The molecule has 0 spiro atoms. The van der Waals surface area contributed by atoms with Crippen LogP contribution in [0.15, 0.2) is 48.5 Å². The molecule has 2 nitrogen and oxygen atoms in total. The van der Waals surface area contributed by atoms with Crippen LogP contribution < -0.4 is 5.73 Å². The zero-order valence-electron chi connectivity index (χ0n) is 9.94. The van der Waals surface area contributed by atoms with Crippen LogP contribution in [-0.4, -0.2) is 5.78 Å². The molecule has 0 unspecified atom stereocenters. The number of carbonyl (C=O) groups is 1. The minimum absolute atomic E-state index is 0.202. The monoisotopic (exact) mass is 275 g/mol. The largest absolute Gasteiger partial charge is 0.399 e. The molecular formula is C15H11ClFNO. The van der Waals surface area contributed by atoms with Gasteiger partial charge in [0, 0.05) is 16.8 Å². The first-order chi connectivity index (χ1) is 9.08. The molecule has 0 heterocycles. The Morgan fingerprint density at radius 2 is 1.84 bits per heavy atom. The second kappa shape index (κ2) is 5.67. The quantitative estimate of drug-likeness (QED) is 0.523. The second-order valence-electron chi connectivity index (χ2n) is 3.95. The lowest BCUT2D eigenvalue weighted by molar-refractivity contribution is 0.104. The van der Waals surface area contributed by atoms with Gasteiger partial charge < -0.3 is 5.73 Å². The number of anilines is 1. The molecule has 0 aliphatic carbocycles. The summed E-state index contributed by atoms with van der Waals surface area (Å²) in [6.07, 6.45) is 2.66. The smallest absolute Gasteiger partial charge is 0.185 e. The number of hydrogen-bond acceptors (Lipinski definition) is 2. The molecule has 19 heavy (non-hydrogen) atoms. The maximum atomic E-state index is 13.5. The molecule has 0 aromatic heterocycles. The summed E-state index contributed by atoms with van der Waals surface area (Å²) in [4.78, 5) is 11.9. The van der Waals surface area contributed by atoms with Crippen LogP contribution in [0.3, 0.4) is 0 Å². The summed E-state index contributed by atoms with van der Waals surface area (Å²) in [7, 11) is 0. The summed E-state index contributed by atoms with van der Waals surface area (Å²) >= 11 is 5.86. The molecule has 0 atom stereocenters. The number of nitrogens with two attached hydrogens (primary N) is 1. The maximum absolute atomic E-state index is 13.5. The molecule has 96 valence electrons. The van der Waals surface area contributed by atoms with Gasteiger partial charge in [-0.15, -0.1) is 0 Å². The number of carbonyl (C=O) groups excluding carboxylic acids is 1. The van der Waals surface area contributed by atoms with Crippen molar-refractivity contribution in [2.24, 2.45) is 0 Å². The van der Waals surface area contributed by atoms with Gasteiger partial charge in [0.05, 0.1) is 5.02 Å². The highest BCUT2D eigenvalue weighted by Gasteiger charge is 2.05. The van der Waals surface area contributed by atoms with E-state index in [2.05, 4.69) is 0 Å². The minimum atomic E-state index is -0.464. The van der Waals surface area contributed by atoms with Crippen molar-refractivity contribution in [3.8, 4) is 0 Å². The Morgan fingerprint density at radius 1 is 1.16 bits per heavy atom. The van der Waals surface area contributed by atoms with Gasteiger partial charge in [-0.1, -0.05) is 17.7 Å². The van der Waals surface area contributed by atoms with E-state index in [-0.39, 0.29) is 16.4 Å². The van der Waals surface area contributed by atoms with E-state index in [1.54, 1.807) is 30.3 Å². The van der Waals surface area contributed by atoms with Gasteiger partial charge in [-0.2, -0.15) is 0 Å². The zero-order valence-corrected chi connectivity index (χ0v) is 10.7. The van der Waals surface area contributed by atoms with E-state index in [0.717, 1.165) is 0 Å². The summed E-state index contributed by atoms with van der Waals surface area (Å²) in [5.74, 6) is -0.701. The highest BCUT2D eigenvalue weighted by Crippen LogP contribution is 2.20. The van der Waals surface area contributed by atoms with E-state index in [0.29, 0.717) is 11.3 Å². The third-order valence-corrected chi connectivity index (χ3v) is 2.93. The summed E-state index contributed by atoms with van der Waals surface area (Å²) in [6.45, 7) is 0. The van der Waals surface area contributed by atoms with Gasteiger partial charge in [0.1, 0.15) is 5.82 Å². The Hall–Kier alpha value is -2.13. The molecule has 0 aliphatic heterocycles. The first kappa shape index (κ1) is 13.3. The Bertz CT molecular complexity index is 615. The van der Waals surface area contributed by atoms with Crippen LogP contribution in [0.5, 0.6) is 0 Å². The topological polar surface area (TPSA) is 43.1 Å². The summed E-state index contributed by atoms with van der Waals surface area (Å²) in [5, 5.41) is 0.265. The number of allylic oxidation sites excluding steroid dienone is 1. The van der Waals surface area contributed by atoms with Crippen molar-refractivity contribution in [1.82, 2.24) is 0 Å². The Labute approximate surface area is 115 Å². The lowest BCUT2D eigenvalue weighted by Crippen LogP contribution is -1.95. The van der Waals surface area contributed by atoms with Crippen LogP contribution >= 0.6 is 11.6 Å². The highest BCUT2D eigenvalue weighted by molar-refractivity contribution is 6.32. The van der Waals surface area contributed by atoms with Gasteiger partial charge in [0.25, 0.3) is 0 Å². The maximum Gasteiger partial charge on any atom is 0.185 e. The number of hydrogen-bond donors (Lipinski definition) is 1. The first-order valence-corrected chi connectivity index (χ1v) is 5.97. The van der Waals surface area contributed by atoms with Crippen molar-refractivity contribution >= 4 is 29.1 Å². The van der Waals surface area contributed by atoms with E-state index in [1.165, 1.54) is 24.3 Å². The SMILES string of the molecule is Nc1ccc(C(=O)/C=C/c2c(F)cccc2Cl)cc1. The second-order valence-corrected chi connectivity index (χ2v) is 4.36. The van der Waals surface area contributed by atoms with Gasteiger partial charge in [0.2, 0.25) is 0 Å². The standard InChI is InChI=1S/C15H11ClFNO/c16-13-2-1-3-14(17)12(13)8-9-15(19)10-4-6-11(18)7-5-10/h1-9H,18H2/b9-8+. The van der Waals surface area contributed by atoms with Gasteiger partial charge in [0.15, 0.2) is 5.78 Å². The van der Waals surface area contributed by atoms with Gasteiger partial charge in [-0.25, -0.2) is 4.39 Å². The van der Waals surface area contributed by atoms with E-state index >= 15 is 0 Å².